The van der Waals surface area contributed by atoms with Gasteiger partial charge in [0.25, 0.3) is 0 Å². The number of methoxy groups -OCH3 is 1. The smallest absolute Gasteiger partial charge is 0.233 e. The highest BCUT2D eigenvalue weighted by Crippen LogP contribution is 2.21. The van der Waals surface area contributed by atoms with Crippen molar-refractivity contribution in [3.8, 4) is 5.75 Å². The Balaban J connectivity index is 1.97. The van der Waals surface area contributed by atoms with Crippen molar-refractivity contribution in [2.24, 2.45) is 0 Å². The second kappa shape index (κ2) is 8.70. The lowest BCUT2D eigenvalue weighted by molar-refractivity contribution is -0.492. The Kier molecular flexibility index (Phi) is 6.32. The molecule has 0 saturated carbocycles. The molecule has 0 bridgehead atoms. The highest BCUT2D eigenvalue weighted by atomic mass is 16.6. The first-order valence-corrected chi connectivity index (χ1v) is 7.28. The van der Waals surface area contributed by atoms with Crippen LogP contribution in [0, 0.1) is 10.1 Å². The van der Waals surface area contributed by atoms with E-state index in [1.54, 1.807) is 31.4 Å². The molecule has 120 valence electrons. The fraction of sp³-hybridized carbons (Fsp3) is 0.222. The van der Waals surface area contributed by atoms with E-state index in [9.17, 15) is 10.1 Å². The van der Waals surface area contributed by atoms with Gasteiger partial charge in [-0.1, -0.05) is 54.6 Å². The molecular formula is C18H19NO4. The van der Waals surface area contributed by atoms with Crippen molar-refractivity contribution in [2.45, 2.75) is 6.10 Å². The number of hydrogen-bond acceptors (Lipinski definition) is 4. The predicted molar refractivity (Wildman–Crippen MR) is 89.0 cm³/mol. The van der Waals surface area contributed by atoms with Gasteiger partial charge in [-0.15, -0.1) is 0 Å². The maximum atomic E-state index is 10.8. The second-order valence-corrected chi connectivity index (χ2v) is 4.92. The minimum atomic E-state index is -0.587. The third-order valence-electron chi connectivity index (χ3n) is 3.31. The van der Waals surface area contributed by atoms with Crippen LogP contribution < -0.4 is 4.74 Å². The molecule has 2 rings (SSSR count). The minimum Gasteiger partial charge on any atom is -0.497 e. The van der Waals surface area contributed by atoms with E-state index in [1.807, 2.05) is 42.5 Å². The molecule has 0 aliphatic rings. The molecule has 2 aromatic carbocycles. The van der Waals surface area contributed by atoms with Gasteiger partial charge in [0.15, 0.2) is 0 Å². The SMILES string of the molecule is COc1ccc(C(C[N+](=O)[O-])OC/C=C/c2ccccc2)cc1. The molecule has 0 aromatic heterocycles. The highest BCUT2D eigenvalue weighted by molar-refractivity contribution is 5.48. The Morgan fingerprint density at radius 3 is 2.43 bits per heavy atom. The van der Waals surface area contributed by atoms with Crippen LogP contribution >= 0.6 is 0 Å². The van der Waals surface area contributed by atoms with Gasteiger partial charge < -0.3 is 9.47 Å². The monoisotopic (exact) mass is 313 g/mol. The molecule has 0 aliphatic carbocycles. The summed E-state index contributed by atoms with van der Waals surface area (Å²) in [5.74, 6) is 0.706. The molecule has 0 radical (unpaired) electrons. The summed E-state index contributed by atoms with van der Waals surface area (Å²) in [6.45, 7) is 0.0327. The van der Waals surface area contributed by atoms with Crippen LogP contribution in [-0.2, 0) is 4.74 Å². The van der Waals surface area contributed by atoms with Crippen LogP contribution in [0.4, 0.5) is 0 Å². The third-order valence-corrected chi connectivity index (χ3v) is 3.31. The maximum absolute atomic E-state index is 10.8. The summed E-state index contributed by atoms with van der Waals surface area (Å²) in [6, 6.07) is 16.9. The molecule has 0 spiro atoms. The Bertz CT molecular complexity index is 638. The lowest BCUT2D eigenvalue weighted by Gasteiger charge is -2.13. The van der Waals surface area contributed by atoms with Crippen LogP contribution in [0.25, 0.3) is 6.08 Å². The van der Waals surface area contributed by atoms with Crippen molar-refractivity contribution in [1.29, 1.82) is 0 Å². The lowest BCUT2D eigenvalue weighted by atomic mass is 10.1. The van der Waals surface area contributed by atoms with Gasteiger partial charge in [0.2, 0.25) is 6.54 Å². The number of rotatable bonds is 8. The van der Waals surface area contributed by atoms with Crippen LogP contribution in [0.2, 0.25) is 0 Å². The Hall–Kier alpha value is -2.66. The largest absolute Gasteiger partial charge is 0.497 e. The molecule has 23 heavy (non-hydrogen) atoms. The van der Waals surface area contributed by atoms with E-state index in [0.29, 0.717) is 12.4 Å². The highest BCUT2D eigenvalue weighted by Gasteiger charge is 2.18. The molecular weight excluding hydrogens is 294 g/mol. The summed E-state index contributed by atoms with van der Waals surface area (Å²) < 4.78 is 10.8. The summed E-state index contributed by atoms with van der Waals surface area (Å²) in [5.41, 5.74) is 1.82. The first-order chi connectivity index (χ1) is 11.2. The normalized spacial score (nSPS) is 12.2. The van der Waals surface area contributed by atoms with E-state index in [2.05, 4.69) is 0 Å². The average molecular weight is 313 g/mol. The molecule has 1 unspecified atom stereocenters. The maximum Gasteiger partial charge on any atom is 0.233 e. The second-order valence-electron chi connectivity index (χ2n) is 4.92. The summed E-state index contributed by atoms with van der Waals surface area (Å²) in [7, 11) is 1.58. The van der Waals surface area contributed by atoms with Crippen molar-refractivity contribution >= 4 is 6.08 Å². The standard InChI is InChI=1S/C18H19NO4/c1-22-17-11-9-16(10-12-17)18(14-19(20)21)23-13-5-8-15-6-3-2-4-7-15/h2-12,18H,13-14H2,1H3/b8-5+. The molecule has 0 heterocycles. The molecule has 0 fully saturated rings. The first kappa shape index (κ1) is 16.7. The van der Waals surface area contributed by atoms with E-state index in [1.165, 1.54) is 0 Å². The van der Waals surface area contributed by atoms with Crippen LogP contribution in [0.1, 0.15) is 17.2 Å². The molecule has 0 saturated heterocycles. The number of nitrogens with zero attached hydrogens (tertiary/aromatic N) is 1. The topological polar surface area (TPSA) is 61.6 Å². The van der Waals surface area contributed by atoms with E-state index >= 15 is 0 Å². The van der Waals surface area contributed by atoms with Gasteiger partial charge in [-0.2, -0.15) is 0 Å². The quantitative estimate of drug-likeness (QED) is 0.550. The van der Waals surface area contributed by atoms with Crippen molar-refractivity contribution in [3.05, 3.63) is 81.9 Å². The first-order valence-electron chi connectivity index (χ1n) is 7.28. The van der Waals surface area contributed by atoms with Crippen LogP contribution in [0.15, 0.2) is 60.7 Å². The zero-order valence-electron chi connectivity index (χ0n) is 12.9. The van der Waals surface area contributed by atoms with Gasteiger partial charge in [-0.3, -0.25) is 10.1 Å². The fourth-order valence-corrected chi connectivity index (χ4v) is 2.13. The number of ether oxygens (including phenoxy) is 2. The Labute approximate surface area is 135 Å². The molecule has 5 heteroatoms. The summed E-state index contributed by atoms with van der Waals surface area (Å²) >= 11 is 0. The average Bonchev–Trinajstić information content (AvgIpc) is 2.58. The number of benzene rings is 2. The van der Waals surface area contributed by atoms with Crippen LogP contribution in [0.5, 0.6) is 5.75 Å². The molecule has 2 aromatic rings. The Morgan fingerprint density at radius 1 is 1.13 bits per heavy atom. The van der Waals surface area contributed by atoms with E-state index in [-0.39, 0.29) is 11.5 Å². The molecule has 1 atom stereocenters. The van der Waals surface area contributed by atoms with Gasteiger partial charge in [0, 0.05) is 4.92 Å². The van der Waals surface area contributed by atoms with Gasteiger partial charge in [0.1, 0.15) is 11.9 Å². The number of hydrogen-bond donors (Lipinski definition) is 0. The van der Waals surface area contributed by atoms with Crippen molar-refractivity contribution < 1.29 is 14.4 Å². The minimum absolute atomic E-state index is 0.272. The zero-order chi connectivity index (χ0) is 16.5. The molecule has 0 aliphatic heterocycles. The van der Waals surface area contributed by atoms with E-state index < -0.39 is 6.10 Å². The molecule has 0 amide bonds. The van der Waals surface area contributed by atoms with Crippen molar-refractivity contribution in [1.82, 2.24) is 0 Å². The van der Waals surface area contributed by atoms with Gasteiger partial charge in [-0.25, -0.2) is 0 Å². The van der Waals surface area contributed by atoms with Gasteiger partial charge >= 0.3 is 0 Å². The zero-order valence-corrected chi connectivity index (χ0v) is 12.9. The summed E-state index contributed by atoms with van der Waals surface area (Å²) in [4.78, 5) is 10.5. The van der Waals surface area contributed by atoms with Gasteiger partial charge in [0.05, 0.1) is 13.7 Å². The predicted octanol–water partition coefficient (Wildman–Crippen LogP) is 3.74. The lowest BCUT2D eigenvalue weighted by Crippen LogP contribution is -2.16. The summed E-state index contributed by atoms with van der Waals surface area (Å²) in [6.07, 6.45) is 3.19. The van der Waals surface area contributed by atoms with Crippen molar-refractivity contribution in [2.75, 3.05) is 20.3 Å². The third kappa shape index (κ3) is 5.56. The Morgan fingerprint density at radius 2 is 1.83 bits per heavy atom. The summed E-state index contributed by atoms with van der Waals surface area (Å²) in [5, 5.41) is 10.8. The molecule has 0 N–H and O–H groups in total. The van der Waals surface area contributed by atoms with Crippen LogP contribution in [-0.4, -0.2) is 25.2 Å². The fourth-order valence-electron chi connectivity index (χ4n) is 2.13. The van der Waals surface area contributed by atoms with Crippen molar-refractivity contribution in [3.63, 3.8) is 0 Å². The van der Waals surface area contributed by atoms with Gasteiger partial charge in [-0.05, 0) is 23.3 Å². The molecule has 5 nitrogen and oxygen atoms in total. The van der Waals surface area contributed by atoms with E-state index in [0.717, 1.165) is 11.1 Å². The number of nitro groups is 1. The van der Waals surface area contributed by atoms with E-state index in [4.69, 9.17) is 9.47 Å². The van der Waals surface area contributed by atoms with Crippen LogP contribution in [0.3, 0.4) is 0 Å².